The van der Waals surface area contributed by atoms with E-state index in [2.05, 4.69) is 20.7 Å². The van der Waals surface area contributed by atoms with Gasteiger partial charge in [0.15, 0.2) is 5.96 Å². The third-order valence-electron chi connectivity index (χ3n) is 4.04. The minimum atomic E-state index is -0.258. The maximum absolute atomic E-state index is 13.0. The van der Waals surface area contributed by atoms with Gasteiger partial charge in [0.05, 0.1) is 11.4 Å². The summed E-state index contributed by atoms with van der Waals surface area (Å²) in [6.07, 6.45) is 2.61. The van der Waals surface area contributed by atoms with Gasteiger partial charge in [0.2, 0.25) is 0 Å². The summed E-state index contributed by atoms with van der Waals surface area (Å²) in [6, 6.07) is 15.9. The average Bonchev–Trinajstić information content (AvgIpc) is 3.15. The van der Waals surface area contributed by atoms with Crippen LogP contribution in [0.1, 0.15) is 11.3 Å². The molecule has 0 bridgehead atoms. The highest BCUT2D eigenvalue weighted by molar-refractivity contribution is 6.31. The molecule has 5 nitrogen and oxygen atoms in total. The predicted octanol–water partition coefficient (Wildman–Crippen LogP) is 3.57. The molecule has 7 heteroatoms. The van der Waals surface area contributed by atoms with Crippen molar-refractivity contribution < 1.29 is 4.39 Å². The monoisotopic (exact) mass is 385 g/mol. The van der Waals surface area contributed by atoms with Crippen LogP contribution in [-0.4, -0.2) is 29.3 Å². The number of aliphatic imine (C=N–C) groups is 1. The van der Waals surface area contributed by atoms with Crippen LogP contribution < -0.4 is 10.6 Å². The molecule has 0 fully saturated rings. The Bertz CT molecular complexity index is 905. The van der Waals surface area contributed by atoms with E-state index in [0.717, 1.165) is 28.4 Å². The Labute approximate surface area is 162 Å². The molecule has 0 atom stereocenters. The second-order valence-electron chi connectivity index (χ2n) is 5.92. The minimum Gasteiger partial charge on any atom is -0.356 e. The van der Waals surface area contributed by atoms with E-state index in [1.54, 1.807) is 23.9 Å². The molecule has 0 aliphatic rings. The van der Waals surface area contributed by atoms with Gasteiger partial charge in [-0.15, -0.1) is 0 Å². The van der Waals surface area contributed by atoms with Gasteiger partial charge in [0.25, 0.3) is 0 Å². The van der Waals surface area contributed by atoms with Crippen molar-refractivity contribution in [1.82, 2.24) is 20.4 Å². The van der Waals surface area contributed by atoms with Crippen LogP contribution in [0.25, 0.3) is 5.69 Å². The number of nitrogens with one attached hydrogen (secondary N) is 2. The van der Waals surface area contributed by atoms with Gasteiger partial charge < -0.3 is 10.6 Å². The van der Waals surface area contributed by atoms with Crippen LogP contribution in [0.2, 0.25) is 5.02 Å². The molecule has 1 heterocycles. The van der Waals surface area contributed by atoms with Crippen LogP contribution in [0.15, 0.2) is 65.8 Å². The van der Waals surface area contributed by atoms with Crippen LogP contribution >= 0.6 is 11.6 Å². The standard InChI is InChI=1S/C20H21ClFN5/c1-23-20(25-14-15-4-2-3-5-19(15)21)24-12-10-17-11-13-27(26-17)18-8-6-16(22)7-9-18/h2-9,11,13H,10,12,14H2,1H3,(H2,23,24,25). The summed E-state index contributed by atoms with van der Waals surface area (Å²) in [7, 11) is 1.73. The Morgan fingerprint density at radius 2 is 1.89 bits per heavy atom. The van der Waals surface area contributed by atoms with E-state index in [9.17, 15) is 4.39 Å². The molecule has 0 saturated heterocycles. The first-order chi connectivity index (χ1) is 13.2. The Morgan fingerprint density at radius 3 is 2.63 bits per heavy atom. The van der Waals surface area contributed by atoms with Gasteiger partial charge in [0, 0.05) is 37.8 Å². The van der Waals surface area contributed by atoms with Gasteiger partial charge >= 0.3 is 0 Å². The maximum atomic E-state index is 13.0. The van der Waals surface area contributed by atoms with E-state index < -0.39 is 0 Å². The number of hydrogen-bond donors (Lipinski definition) is 2. The zero-order valence-electron chi connectivity index (χ0n) is 15.0. The predicted molar refractivity (Wildman–Crippen MR) is 107 cm³/mol. The van der Waals surface area contributed by atoms with E-state index in [-0.39, 0.29) is 5.82 Å². The molecule has 0 radical (unpaired) electrons. The first kappa shape index (κ1) is 18.9. The fourth-order valence-corrected chi connectivity index (χ4v) is 2.79. The molecule has 140 valence electrons. The summed E-state index contributed by atoms with van der Waals surface area (Å²) in [6.45, 7) is 1.28. The Morgan fingerprint density at radius 1 is 1.11 bits per heavy atom. The summed E-state index contributed by atoms with van der Waals surface area (Å²) in [4.78, 5) is 4.22. The Kier molecular flexibility index (Phi) is 6.44. The lowest BCUT2D eigenvalue weighted by Crippen LogP contribution is -2.37. The van der Waals surface area contributed by atoms with Gasteiger partial charge in [-0.1, -0.05) is 29.8 Å². The van der Waals surface area contributed by atoms with Crippen molar-refractivity contribution in [3.05, 3.63) is 82.9 Å². The minimum absolute atomic E-state index is 0.258. The van der Waals surface area contributed by atoms with Crippen LogP contribution in [0.4, 0.5) is 4.39 Å². The van der Waals surface area contributed by atoms with E-state index in [4.69, 9.17) is 11.6 Å². The van der Waals surface area contributed by atoms with E-state index in [1.807, 2.05) is 36.5 Å². The molecule has 0 spiro atoms. The summed E-state index contributed by atoms with van der Waals surface area (Å²) >= 11 is 6.17. The fraction of sp³-hybridized carbons (Fsp3) is 0.200. The third kappa shape index (κ3) is 5.31. The van der Waals surface area contributed by atoms with Gasteiger partial charge in [-0.05, 0) is 42.0 Å². The van der Waals surface area contributed by atoms with E-state index >= 15 is 0 Å². The van der Waals surface area contributed by atoms with Gasteiger partial charge in [0.1, 0.15) is 5.82 Å². The van der Waals surface area contributed by atoms with E-state index in [1.165, 1.54) is 12.1 Å². The second-order valence-corrected chi connectivity index (χ2v) is 6.33. The molecule has 0 saturated carbocycles. The number of hydrogen-bond acceptors (Lipinski definition) is 2. The highest BCUT2D eigenvalue weighted by Crippen LogP contribution is 2.14. The largest absolute Gasteiger partial charge is 0.356 e. The number of halogens is 2. The lowest BCUT2D eigenvalue weighted by molar-refractivity contribution is 0.627. The summed E-state index contributed by atoms with van der Waals surface area (Å²) in [5.74, 6) is 0.443. The van der Waals surface area contributed by atoms with Crippen molar-refractivity contribution in [3.8, 4) is 5.69 Å². The molecule has 2 N–H and O–H groups in total. The van der Waals surface area contributed by atoms with Gasteiger partial charge in [-0.3, -0.25) is 4.99 Å². The quantitative estimate of drug-likeness (QED) is 0.503. The first-order valence-corrected chi connectivity index (χ1v) is 9.02. The number of rotatable bonds is 6. The highest BCUT2D eigenvalue weighted by Gasteiger charge is 2.04. The normalized spacial score (nSPS) is 11.4. The summed E-state index contributed by atoms with van der Waals surface area (Å²) in [5, 5.41) is 11.7. The number of guanidine groups is 1. The number of nitrogens with zero attached hydrogens (tertiary/aromatic N) is 3. The summed E-state index contributed by atoms with van der Waals surface area (Å²) in [5.41, 5.74) is 2.78. The maximum Gasteiger partial charge on any atom is 0.191 e. The van der Waals surface area contributed by atoms with Gasteiger partial charge in [-0.25, -0.2) is 9.07 Å². The lowest BCUT2D eigenvalue weighted by atomic mass is 10.2. The molecule has 1 aromatic heterocycles. The average molecular weight is 386 g/mol. The van der Waals surface area contributed by atoms with Crippen LogP contribution in [0.3, 0.4) is 0 Å². The second kappa shape index (κ2) is 9.19. The lowest BCUT2D eigenvalue weighted by Gasteiger charge is -2.12. The SMILES string of the molecule is CN=C(NCCc1ccn(-c2ccc(F)cc2)n1)NCc1ccccc1Cl. The molecule has 27 heavy (non-hydrogen) atoms. The number of benzene rings is 2. The first-order valence-electron chi connectivity index (χ1n) is 8.64. The van der Waals surface area contributed by atoms with Crippen molar-refractivity contribution >= 4 is 17.6 Å². The van der Waals surface area contributed by atoms with Crippen molar-refractivity contribution in [2.75, 3.05) is 13.6 Å². The van der Waals surface area contributed by atoms with E-state index in [0.29, 0.717) is 19.0 Å². The molecule has 2 aromatic carbocycles. The van der Waals surface area contributed by atoms with Crippen LogP contribution in [0, 0.1) is 5.82 Å². The molecule has 3 rings (SSSR count). The van der Waals surface area contributed by atoms with Crippen molar-refractivity contribution in [2.24, 2.45) is 4.99 Å². The topological polar surface area (TPSA) is 54.2 Å². The van der Waals surface area contributed by atoms with Crippen LogP contribution in [-0.2, 0) is 13.0 Å². The molecule has 0 aliphatic heterocycles. The van der Waals surface area contributed by atoms with Crippen molar-refractivity contribution in [2.45, 2.75) is 13.0 Å². The zero-order chi connectivity index (χ0) is 19.1. The van der Waals surface area contributed by atoms with Crippen molar-refractivity contribution in [3.63, 3.8) is 0 Å². The number of aromatic nitrogens is 2. The third-order valence-corrected chi connectivity index (χ3v) is 4.41. The highest BCUT2D eigenvalue weighted by atomic mass is 35.5. The fourth-order valence-electron chi connectivity index (χ4n) is 2.58. The Hall–Kier alpha value is -2.86. The molecule has 0 amide bonds. The smallest absolute Gasteiger partial charge is 0.191 e. The molecular weight excluding hydrogens is 365 g/mol. The molecular formula is C20H21ClFN5. The molecule has 0 aliphatic carbocycles. The van der Waals surface area contributed by atoms with Crippen LogP contribution in [0.5, 0.6) is 0 Å². The molecule has 3 aromatic rings. The van der Waals surface area contributed by atoms with Crippen molar-refractivity contribution in [1.29, 1.82) is 0 Å². The van der Waals surface area contributed by atoms with Gasteiger partial charge in [-0.2, -0.15) is 5.10 Å². The molecule has 0 unspecified atom stereocenters. The Balaban J connectivity index is 1.48. The summed E-state index contributed by atoms with van der Waals surface area (Å²) < 4.78 is 14.7. The zero-order valence-corrected chi connectivity index (χ0v) is 15.7.